The number of fused-ring (bicyclic) bond motifs is 1. The van der Waals surface area contributed by atoms with Gasteiger partial charge in [-0.1, -0.05) is 23.4 Å². The van der Waals surface area contributed by atoms with Crippen LogP contribution in [0.5, 0.6) is 0 Å². The maximum atomic E-state index is 13.3. The van der Waals surface area contributed by atoms with Gasteiger partial charge in [-0.2, -0.15) is 13.2 Å². The third-order valence-electron chi connectivity index (χ3n) is 3.68. The highest BCUT2D eigenvalue weighted by Crippen LogP contribution is 2.41. The van der Waals surface area contributed by atoms with Crippen LogP contribution in [0.2, 0.25) is 0 Å². The number of benzene rings is 1. The number of nitrogens with zero attached hydrogens (tertiary/aromatic N) is 3. The van der Waals surface area contributed by atoms with Gasteiger partial charge in [-0.05, 0) is 18.6 Å². The van der Waals surface area contributed by atoms with Gasteiger partial charge in [-0.3, -0.25) is 9.79 Å². The van der Waals surface area contributed by atoms with E-state index in [1.807, 2.05) is 0 Å². The van der Waals surface area contributed by atoms with Crippen LogP contribution in [0.3, 0.4) is 0 Å². The van der Waals surface area contributed by atoms with Crippen LogP contribution in [-0.4, -0.2) is 24.3 Å². The van der Waals surface area contributed by atoms with Crippen molar-refractivity contribution in [2.75, 3.05) is 11.9 Å². The Kier molecular flexibility index (Phi) is 3.46. The number of aromatic nitrogens is 1. The van der Waals surface area contributed by atoms with Gasteiger partial charge in [-0.25, -0.2) is 0 Å². The van der Waals surface area contributed by atoms with E-state index >= 15 is 0 Å². The lowest BCUT2D eigenvalue weighted by molar-refractivity contribution is -0.138. The highest BCUT2D eigenvalue weighted by Gasteiger charge is 2.38. The molecule has 0 radical (unpaired) electrons. The molecule has 1 amide bonds. The van der Waals surface area contributed by atoms with Gasteiger partial charge in [0.2, 0.25) is 0 Å². The Labute approximate surface area is 129 Å². The number of anilines is 1. The third-order valence-corrected chi connectivity index (χ3v) is 3.68. The summed E-state index contributed by atoms with van der Waals surface area (Å²) >= 11 is 0. The van der Waals surface area contributed by atoms with Crippen LogP contribution in [0.1, 0.15) is 28.6 Å². The van der Waals surface area contributed by atoms with Gasteiger partial charge >= 0.3 is 6.18 Å². The number of rotatable bonds is 1. The highest BCUT2D eigenvalue weighted by atomic mass is 19.4. The summed E-state index contributed by atoms with van der Waals surface area (Å²) in [4.78, 5) is 17.3. The third kappa shape index (κ3) is 2.49. The number of hydrogen-bond acceptors (Lipinski definition) is 4. The Morgan fingerprint density at radius 2 is 1.96 bits per heavy atom. The summed E-state index contributed by atoms with van der Waals surface area (Å²) in [6.07, 6.45) is -3.52. The zero-order valence-electron chi connectivity index (χ0n) is 12.3. The minimum atomic E-state index is -4.53. The number of alkyl halides is 3. The lowest BCUT2D eigenvalue weighted by Crippen LogP contribution is -2.26. The smallest absolute Gasteiger partial charge is 0.359 e. The normalized spacial score (nSPS) is 18.0. The first kappa shape index (κ1) is 15.3. The van der Waals surface area contributed by atoms with Crippen molar-refractivity contribution in [3.8, 4) is 0 Å². The van der Waals surface area contributed by atoms with E-state index in [1.165, 1.54) is 30.1 Å². The number of carbonyl (C=O) groups excluding carboxylic acids is 1. The van der Waals surface area contributed by atoms with Crippen LogP contribution >= 0.6 is 0 Å². The molecule has 0 bridgehead atoms. The Morgan fingerprint density at radius 1 is 1.26 bits per heavy atom. The van der Waals surface area contributed by atoms with Gasteiger partial charge in [0.15, 0.2) is 5.76 Å². The molecule has 1 aromatic heterocycles. The highest BCUT2D eigenvalue weighted by molar-refractivity contribution is 6.33. The van der Waals surface area contributed by atoms with E-state index in [2.05, 4.69) is 10.1 Å². The van der Waals surface area contributed by atoms with Crippen LogP contribution in [0.15, 0.2) is 33.8 Å². The lowest BCUT2D eigenvalue weighted by Gasteiger charge is -2.18. The topological polar surface area (TPSA) is 58.7 Å². The predicted octanol–water partition coefficient (Wildman–Crippen LogP) is 3.14. The fourth-order valence-corrected chi connectivity index (χ4v) is 2.60. The molecule has 0 saturated heterocycles. The molecule has 1 aliphatic rings. The van der Waals surface area contributed by atoms with Crippen molar-refractivity contribution in [2.24, 2.45) is 4.99 Å². The standard InChI is InChI=1S/C15H12F3N3O2/c1-8-14-13(20-23-8)12(19-7-11(22)21(14)2)9-5-3-4-6-10(9)15(16,17)18/h3-7,12H,1-2H3. The molecule has 23 heavy (non-hydrogen) atoms. The van der Waals surface area contributed by atoms with Crippen LogP contribution < -0.4 is 4.90 Å². The number of aliphatic imine (C=N–C) groups is 1. The molecule has 2 aromatic rings. The molecule has 0 N–H and O–H groups in total. The summed E-state index contributed by atoms with van der Waals surface area (Å²) < 4.78 is 44.9. The molecule has 8 heteroatoms. The minimum absolute atomic E-state index is 0.0751. The number of amides is 1. The Hall–Kier alpha value is -2.64. The van der Waals surface area contributed by atoms with E-state index in [9.17, 15) is 18.0 Å². The second-order valence-electron chi connectivity index (χ2n) is 5.14. The van der Waals surface area contributed by atoms with Crippen LogP contribution in [-0.2, 0) is 11.0 Å². The second kappa shape index (κ2) is 5.22. The van der Waals surface area contributed by atoms with Crippen molar-refractivity contribution in [1.29, 1.82) is 0 Å². The Bertz CT molecular complexity index is 796. The molecule has 0 saturated carbocycles. The van der Waals surface area contributed by atoms with Crippen molar-refractivity contribution in [3.63, 3.8) is 0 Å². The molecule has 1 unspecified atom stereocenters. The molecule has 2 heterocycles. The fourth-order valence-electron chi connectivity index (χ4n) is 2.60. The van der Waals surface area contributed by atoms with Gasteiger partial charge in [0.05, 0.1) is 11.8 Å². The van der Waals surface area contributed by atoms with E-state index in [0.29, 0.717) is 11.4 Å². The fraction of sp³-hybridized carbons (Fsp3) is 0.267. The van der Waals surface area contributed by atoms with Crippen LogP contribution in [0, 0.1) is 6.92 Å². The van der Waals surface area contributed by atoms with E-state index in [4.69, 9.17) is 4.52 Å². The van der Waals surface area contributed by atoms with Gasteiger partial charge in [0, 0.05) is 7.05 Å². The zero-order valence-corrected chi connectivity index (χ0v) is 12.3. The quantitative estimate of drug-likeness (QED) is 0.810. The molecule has 1 aromatic carbocycles. The molecule has 1 aliphatic heterocycles. The first-order valence-electron chi connectivity index (χ1n) is 6.74. The molecule has 5 nitrogen and oxygen atoms in total. The molecule has 120 valence electrons. The summed E-state index contributed by atoms with van der Waals surface area (Å²) in [6.45, 7) is 1.59. The van der Waals surface area contributed by atoms with Crippen LogP contribution in [0.4, 0.5) is 18.9 Å². The predicted molar refractivity (Wildman–Crippen MR) is 76.4 cm³/mol. The SMILES string of the molecule is Cc1onc2c1N(C)C(=O)C=NC2c1ccccc1C(F)(F)F. The van der Waals surface area contributed by atoms with Gasteiger partial charge in [-0.15, -0.1) is 0 Å². The molecular formula is C15H12F3N3O2. The summed E-state index contributed by atoms with van der Waals surface area (Å²) in [6, 6.07) is 4.04. The van der Waals surface area contributed by atoms with E-state index < -0.39 is 23.7 Å². The summed E-state index contributed by atoms with van der Waals surface area (Å²) in [5, 5.41) is 3.83. The lowest BCUT2D eigenvalue weighted by atomic mass is 9.97. The molecular weight excluding hydrogens is 311 g/mol. The van der Waals surface area contributed by atoms with Crippen molar-refractivity contribution < 1.29 is 22.5 Å². The Morgan fingerprint density at radius 3 is 2.65 bits per heavy atom. The number of halogens is 3. The monoisotopic (exact) mass is 323 g/mol. The van der Waals surface area contributed by atoms with E-state index in [0.717, 1.165) is 12.3 Å². The summed E-state index contributed by atoms with van der Waals surface area (Å²) in [7, 11) is 1.50. The van der Waals surface area contributed by atoms with Gasteiger partial charge < -0.3 is 9.42 Å². The zero-order chi connectivity index (χ0) is 16.8. The van der Waals surface area contributed by atoms with Crippen LogP contribution in [0.25, 0.3) is 0 Å². The van der Waals surface area contributed by atoms with E-state index in [-0.39, 0.29) is 11.3 Å². The maximum absolute atomic E-state index is 13.3. The maximum Gasteiger partial charge on any atom is 0.416 e. The molecule has 1 atom stereocenters. The molecule has 3 rings (SSSR count). The number of aryl methyl sites for hydroxylation is 1. The number of hydrogen-bond donors (Lipinski definition) is 0. The number of carbonyl (C=O) groups is 1. The minimum Gasteiger partial charge on any atom is -0.359 e. The van der Waals surface area contributed by atoms with Gasteiger partial charge in [0.1, 0.15) is 17.4 Å². The molecule has 0 spiro atoms. The average molecular weight is 323 g/mol. The van der Waals surface area contributed by atoms with Crippen molar-refractivity contribution in [2.45, 2.75) is 19.1 Å². The van der Waals surface area contributed by atoms with E-state index in [1.54, 1.807) is 6.92 Å². The van der Waals surface area contributed by atoms with Crippen molar-refractivity contribution in [1.82, 2.24) is 5.16 Å². The van der Waals surface area contributed by atoms with Crippen molar-refractivity contribution >= 4 is 17.8 Å². The molecule has 0 aliphatic carbocycles. The summed E-state index contributed by atoms with van der Waals surface area (Å²) in [5.41, 5.74) is -0.363. The first-order valence-corrected chi connectivity index (χ1v) is 6.74. The first-order chi connectivity index (χ1) is 10.8. The summed E-state index contributed by atoms with van der Waals surface area (Å²) in [5.74, 6) is -0.111. The molecule has 0 fully saturated rings. The average Bonchev–Trinajstić information content (AvgIpc) is 2.81. The van der Waals surface area contributed by atoms with Gasteiger partial charge in [0.25, 0.3) is 5.91 Å². The van der Waals surface area contributed by atoms with Crippen molar-refractivity contribution in [3.05, 3.63) is 46.8 Å². The largest absolute Gasteiger partial charge is 0.416 e. The Balaban J connectivity index is 2.23. The second-order valence-corrected chi connectivity index (χ2v) is 5.14.